The van der Waals surface area contributed by atoms with Crippen LogP contribution in [-0.2, 0) is 39.7 Å². The fourth-order valence-corrected chi connectivity index (χ4v) is 9.14. The highest BCUT2D eigenvalue weighted by molar-refractivity contribution is 6.24. The van der Waals surface area contributed by atoms with E-state index in [2.05, 4.69) is 36.8 Å². The van der Waals surface area contributed by atoms with E-state index in [-0.39, 0.29) is 54.9 Å². The van der Waals surface area contributed by atoms with Gasteiger partial charge in [-0.1, -0.05) is 18.9 Å². The maximum absolute atomic E-state index is 13.2. The Bertz CT molecular complexity index is 2420. The molecule has 3 aliphatic heterocycles. The number of carbonyl (C=O) groups is 5. The van der Waals surface area contributed by atoms with E-state index in [0.717, 1.165) is 85.7 Å². The third kappa shape index (κ3) is 12.5. The first-order valence-electron chi connectivity index (χ1n) is 24.0. The zero-order chi connectivity index (χ0) is 48.1. The minimum atomic E-state index is -1.04. The van der Waals surface area contributed by atoms with Gasteiger partial charge in [-0.25, -0.2) is 9.97 Å². The highest BCUT2D eigenvalue weighted by Gasteiger charge is 2.46. The Balaban J connectivity index is 0.617. The summed E-state index contributed by atoms with van der Waals surface area (Å²) in [5.41, 5.74) is 3.78. The number of piperidine rings is 1. The first-order valence-corrected chi connectivity index (χ1v) is 24.0. The number of rotatable bonds is 25. The highest BCUT2D eigenvalue weighted by Crippen LogP contribution is 2.36. The molecule has 20 heteroatoms. The van der Waals surface area contributed by atoms with Crippen LogP contribution >= 0.6 is 0 Å². The van der Waals surface area contributed by atoms with Crippen LogP contribution in [0.5, 0.6) is 5.75 Å². The molecule has 1 N–H and O–H groups in total. The van der Waals surface area contributed by atoms with Crippen LogP contribution in [0.25, 0.3) is 11.0 Å². The van der Waals surface area contributed by atoms with Crippen LogP contribution in [-0.4, -0.2) is 189 Å². The van der Waals surface area contributed by atoms with Gasteiger partial charge in [0, 0.05) is 76.6 Å². The lowest BCUT2D eigenvalue weighted by atomic mass is 10.0. The lowest BCUT2D eigenvalue weighted by molar-refractivity contribution is -0.136. The van der Waals surface area contributed by atoms with Crippen LogP contribution in [0.1, 0.15) is 87.3 Å². The summed E-state index contributed by atoms with van der Waals surface area (Å²) < 4.78 is 36.1. The summed E-state index contributed by atoms with van der Waals surface area (Å²) >= 11 is 0. The Morgan fingerprint density at radius 1 is 0.754 bits per heavy atom. The van der Waals surface area contributed by atoms with E-state index in [4.69, 9.17) is 38.4 Å². The molecule has 3 fully saturated rings. The third-order valence-electron chi connectivity index (χ3n) is 12.8. The van der Waals surface area contributed by atoms with Gasteiger partial charge in [0.05, 0.1) is 95.5 Å². The number of benzene rings is 1. The summed E-state index contributed by atoms with van der Waals surface area (Å²) in [5, 5.41) is 3.08. The molecule has 6 heterocycles. The van der Waals surface area contributed by atoms with E-state index >= 15 is 0 Å². The minimum Gasteiger partial charge on any atom is -0.490 e. The summed E-state index contributed by atoms with van der Waals surface area (Å²) in [6.07, 6.45) is 8.86. The summed E-state index contributed by atoms with van der Waals surface area (Å²) in [6, 6.07) is 10.1. The molecule has 1 atom stereocenters. The number of hydrogen-bond donors (Lipinski definition) is 1. The van der Waals surface area contributed by atoms with Crippen LogP contribution in [0, 0.1) is 0 Å². The van der Waals surface area contributed by atoms with Gasteiger partial charge in [0.25, 0.3) is 17.7 Å². The van der Waals surface area contributed by atoms with Gasteiger partial charge in [0.1, 0.15) is 35.6 Å². The topological polar surface area (TPSA) is 209 Å². The molecule has 0 bridgehead atoms. The van der Waals surface area contributed by atoms with Gasteiger partial charge >= 0.3 is 0 Å². The van der Waals surface area contributed by atoms with Crippen molar-refractivity contribution in [1.29, 1.82) is 0 Å². The largest absolute Gasteiger partial charge is 0.490 e. The molecule has 3 aromatic heterocycles. The normalized spacial score (nSPS) is 17.9. The highest BCUT2D eigenvalue weighted by atomic mass is 16.6. The lowest BCUT2D eigenvalue weighted by Crippen LogP contribution is -2.54. The lowest BCUT2D eigenvalue weighted by Gasteiger charge is -2.35. The van der Waals surface area contributed by atoms with Gasteiger partial charge in [-0.15, -0.1) is 0 Å². The monoisotopic (exact) mass is 953 g/mol. The average molecular weight is 954 g/mol. The molecule has 1 unspecified atom stereocenters. The van der Waals surface area contributed by atoms with Crippen molar-refractivity contribution in [3.63, 3.8) is 0 Å². The number of nitrogens with zero attached hydrogens (tertiary/aromatic N) is 8. The van der Waals surface area contributed by atoms with E-state index in [1.165, 1.54) is 6.07 Å². The number of ether oxygens (including phenoxy) is 6. The number of hydrogen-bond acceptors (Lipinski definition) is 16. The van der Waals surface area contributed by atoms with Crippen LogP contribution in [0.2, 0.25) is 0 Å². The standard InChI is InChI=1S/C49H63N9O11/c1-54(2)48(62)40-30-34-32-51-42(52-45(34)57(40)36-6-3-4-7-36)31-35-10-11-37(33-50-35)56-16-14-55(15-17-56)18-19-64-20-21-65-22-23-66-24-25-67-26-27-68-28-29-69-41-9-5-8-38-44(41)49(63)58(47(38)61)39-12-13-43(59)53-46(39)60/h5,8-11,30,32-33,36,39H,3-4,6-7,12-29,31H2,1-2H3,(H,53,59,60). The number of fused-ring (bicyclic) bond motifs is 2. The fraction of sp³-hybridized carbons (Fsp3) is 0.551. The number of piperazine rings is 1. The van der Waals surface area contributed by atoms with Crippen molar-refractivity contribution in [2.45, 2.75) is 57.0 Å². The van der Waals surface area contributed by atoms with Gasteiger partial charge in [-0.2, -0.15) is 0 Å². The van der Waals surface area contributed by atoms with Crippen molar-refractivity contribution in [1.82, 2.24) is 39.5 Å². The van der Waals surface area contributed by atoms with Crippen LogP contribution in [0.4, 0.5) is 5.69 Å². The molecule has 1 saturated carbocycles. The molecule has 0 spiro atoms. The summed E-state index contributed by atoms with van der Waals surface area (Å²) in [7, 11) is 3.57. The predicted octanol–water partition coefficient (Wildman–Crippen LogP) is 2.92. The number of anilines is 1. The molecule has 1 aromatic carbocycles. The van der Waals surface area contributed by atoms with Gasteiger partial charge in [0.15, 0.2) is 0 Å². The molecule has 2 saturated heterocycles. The molecule has 4 aromatic rings. The van der Waals surface area contributed by atoms with Crippen molar-refractivity contribution < 1.29 is 52.4 Å². The summed E-state index contributed by atoms with van der Waals surface area (Å²) in [4.78, 5) is 84.9. The molecule has 5 amide bonds. The Morgan fingerprint density at radius 2 is 1.42 bits per heavy atom. The van der Waals surface area contributed by atoms with Crippen LogP contribution < -0.4 is 15.0 Å². The average Bonchev–Trinajstić information content (AvgIpc) is 4.08. The summed E-state index contributed by atoms with van der Waals surface area (Å²) in [5.74, 6) is -1.38. The first kappa shape index (κ1) is 49.5. The molecular formula is C49H63N9O11. The predicted molar refractivity (Wildman–Crippen MR) is 251 cm³/mol. The maximum atomic E-state index is 13.2. The SMILES string of the molecule is CN(C)C(=O)c1cc2cnc(Cc3ccc(N4CCN(CCOCCOCCOCCOCCOCCOc5cccc6c5C(=O)N(C5CCC(=O)NC5=O)C6=O)CC4)cn3)nc2n1C1CCCC1. The quantitative estimate of drug-likeness (QED) is 0.0748. The number of amides is 5. The van der Waals surface area contributed by atoms with Gasteiger partial charge < -0.3 is 42.8 Å². The number of carbonyl (C=O) groups excluding carboxylic acids is 5. The fourth-order valence-electron chi connectivity index (χ4n) is 9.14. The van der Waals surface area contributed by atoms with Gasteiger partial charge in [-0.3, -0.25) is 44.1 Å². The van der Waals surface area contributed by atoms with Gasteiger partial charge in [0.2, 0.25) is 11.8 Å². The second-order valence-electron chi connectivity index (χ2n) is 17.7. The molecule has 370 valence electrons. The molecule has 1 aliphatic carbocycles. The Labute approximate surface area is 401 Å². The van der Waals surface area contributed by atoms with Crippen LogP contribution in [0.15, 0.2) is 48.8 Å². The van der Waals surface area contributed by atoms with Crippen molar-refractivity contribution in [3.05, 3.63) is 77.1 Å². The molecule has 4 aliphatic rings. The first-order chi connectivity index (χ1) is 33.7. The van der Waals surface area contributed by atoms with Crippen molar-refractivity contribution in [3.8, 4) is 5.75 Å². The van der Waals surface area contributed by atoms with E-state index in [9.17, 15) is 24.0 Å². The van der Waals surface area contributed by atoms with Crippen molar-refractivity contribution in [2.75, 3.05) is 124 Å². The Hall–Kier alpha value is -5.90. The Kier molecular flexibility index (Phi) is 17.3. The number of nitrogens with one attached hydrogen (secondary N) is 1. The zero-order valence-electron chi connectivity index (χ0n) is 39.6. The smallest absolute Gasteiger partial charge is 0.270 e. The van der Waals surface area contributed by atoms with E-state index in [1.807, 2.05) is 18.5 Å². The van der Waals surface area contributed by atoms with Crippen LogP contribution in [0.3, 0.4) is 0 Å². The van der Waals surface area contributed by atoms with Crippen molar-refractivity contribution in [2.24, 2.45) is 0 Å². The number of pyridine rings is 1. The van der Waals surface area contributed by atoms with Crippen molar-refractivity contribution >= 4 is 46.3 Å². The Morgan fingerprint density at radius 3 is 2.06 bits per heavy atom. The zero-order valence-corrected chi connectivity index (χ0v) is 39.6. The molecular weight excluding hydrogens is 891 g/mol. The molecule has 8 rings (SSSR count). The summed E-state index contributed by atoms with van der Waals surface area (Å²) in [6.45, 7) is 9.03. The molecule has 20 nitrogen and oxygen atoms in total. The number of imide groups is 2. The number of aromatic nitrogens is 4. The molecule has 69 heavy (non-hydrogen) atoms. The minimum absolute atomic E-state index is 0.0126. The maximum Gasteiger partial charge on any atom is 0.270 e. The molecule has 0 radical (unpaired) electrons. The second kappa shape index (κ2) is 24.1. The van der Waals surface area contributed by atoms with E-state index < -0.39 is 29.7 Å². The third-order valence-corrected chi connectivity index (χ3v) is 12.8. The van der Waals surface area contributed by atoms with E-state index in [1.54, 1.807) is 31.1 Å². The van der Waals surface area contributed by atoms with E-state index in [0.29, 0.717) is 77.4 Å². The second-order valence-corrected chi connectivity index (χ2v) is 17.7. The van der Waals surface area contributed by atoms with Gasteiger partial charge in [-0.05, 0) is 49.6 Å².